The van der Waals surface area contributed by atoms with Crippen LogP contribution in [0.5, 0.6) is 0 Å². The molecular formula is C17H21NO2. The number of carbonyl (C=O) groups is 1. The first kappa shape index (κ1) is 13.2. The third kappa shape index (κ3) is 2.33. The van der Waals surface area contributed by atoms with E-state index in [1.165, 1.54) is 43.0 Å². The van der Waals surface area contributed by atoms with Gasteiger partial charge in [-0.1, -0.05) is 31.4 Å². The average molecular weight is 271 g/mol. The predicted molar refractivity (Wildman–Crippen MR) is 80.1 cm³/mol. The van der Waals surface area contributed by atoms with Crippen molar-refractivity contribution < 1.29 is 9.90 Å². The lowest BCUT2D eigenvalue weighted by Crippen LogP contribution is -2.12. The highest BCUT2D eigenvalue weighted by atomic mass is 16.4. The molecule has 1 heterocycles. The molecule has 0 saturated heterocycles. The lowest BCUT2D eigenvalue weighted by molar-refractivity contribution is -0.138. The maximum absolute atomic E-state index is 11.2. The van der Waals surface area contributed by atoms with E-state index in [2.05, 4.69) is 22.9 Å². The summed E-state index contributed by atoms with van der Waals surface area (Å²) in [5, 5.41) is 10.4. The summed E-state index contributed by atoms with van der Waals surface area (Å²) < 4.78 is 2.35. The van der Waals surface area contributed by atoms with E-state index in [9.17, 15) is 4.79 Å². The third-order valence-corrected chi connectivity index (χ3v) is 4.59. The van der Waals surface area contributed by atoms with Crippen LogP contribution in [-0.4, -0.2) is 15.6 Å². The minimum atomic E-state index is -0.764. The van der Waals surface area contributed by atoms with Crippen LogP contribution in [0, 0.1) is 0 Å². The Morgan fingerprint density at radius 1 is 1.25 bits per heavy atom. The van der Waals surface area contributed by atoms with Gasteiger partial charge in [0.25, 0.3) is 0 Å². The Morgan fingerprint density at radius 2 is 2.00 bits per heavy atom. The number of fused-ring (bicyclic) bond motifs is 1. The Bertz CT molecular complexity index is 623. The standard InChI is InChI=1S/C17H21NO2/c1-12(17(19)20)14-8-7-13-9-10-18(16(13)11-14)15-5-3-2-4-6-15/h7-12,15H,2-6H2,1H3,(H,19,20). The van der Waals surface area contributed by atoms with Crippen LogP contribution in [0.4, 0.5) is 0 Å². The lowest BCUT2D eigenvalue weighted by Gasteiger charge is -2.24. The summed E-state index contributed by atoms with van der Waals surface area (Å²) in [5.74, 6) is -1.21. The SMILES string of the molecule is CC(C(=O)O)c1ccc2ccn(C3CCCCC3)c2c1. The Morgan fingerprint density at radius 3 is 2.70 bits per heavy atom. The summed E-state index contributed by atoms with van der Waals surface area (Å²) >= 11 is 0. The topological polar surface area (TPSA) is 42.2 Å². The van der Waals surface area contributed by atoms with Gasteiger partial charge in [-0.2, -0.15) is 0 Å². The normalized spacial score (nSPS) is 18.2. The molecule has 1 aromatic carbocycles. The van der Waals surface area contributed by atoms with E-state index in [1.54, 1.807) is 6.92 Å². The van der Waals surface area contributed by atoms with Crippen molar-refractivity contribution in [2.75, 3.05) is 0 Å². The third-order valence-electron chi connectivity index (χ3n) is 4.59. The van der Waals surface area contributed by atoms with Gasteiger partial charge in [0.05, 0.1) is 5.92 Å². The lowest BCUT2D eigenvalue weighted by atomic mass is 9.95. The van der Waals surface area contributed by atoms with Crippen LogP contribution in [-0.2, 0) is 4.79 Å². The van der Waals surface area contributed by atoms with E-state index < -0.39 is 11.9 Å². The summed E-state index contributed by atoms with van der Waals surface area (Å²) in [5.41, 5.74) is 2.07. The van der Waals surface area contributed by atoms with Crippen molar-refractivity contribution in [2.24, 2.45) is 0 Å². The van der Waals surface area contributed by atoms with E-state index in [1.807, 2.05) is 12.1 Å². The summed E-state index contributed by atoms with van der Waals surface area (Å²) in [4.78, 5) is 11.2. The highest BCUT2D eigenvalue weighted by Gasteiger charge is 2.18. The number of carboxylic acid groups (broad SMARTS) is 1. The molecule has 3 nitrogen and oxygen atoms in total. The molecule has 20 heavy (non-hydrogen) atoms. The van der Waals surface area contributed by atoms with Gasteiger partial charge >= 0.3 is 5.97 Å². The van der Waals surface area contributed by atoms with Crippen LogP contribution in [0.15, 0.2) is 30.5 Å². The molecule has 3 rings (SSSR count). The van der Waals surface area contributed by atoms with Crippen LogP contribution in [0.2, 0.25) is 0 Å². The monoisotopic (exact) mass is 271 g/mol. The van der Waals surface area contributed by atoms with Crippen molar-refractivity contribution in [1.82, 2.24) is 4.57 Å². The zero-order chi connectivity index (χ0) is 14.1. The van der Waals surface area contributed by atoms with Gasteiger partial charge in [-0.05, 0) is 42.8 Å². The van der Waals surface area contributed by atoms with Crippen LogP contribution in [0.3, 0.4) is 0 Å². The van der Waals surface area contributed by atoms with Crippen molar-refractivity contribution >= 4 is 16.9 Å². The smallest absolute Gasteiger partial charge is 0.310 e. The minimum absolute atomic E-state index is 0.450. The molecule has 0 aliphatic heterocycles. The van der Waals surface area contributed by atoms with Crippen molar-refractivity contribution in [2.45, 2.75) is 51.0 Å². The van der Waals surface area contributed by atoms with E-state index in [0.29, 0.717) is 6.04 Å². The number of benzene rings is 1. The molecule has 1 aliphatic carbocycles. The van der Waals surface area contributed by atoms with Gasteiger partial charge in [0, 0.05) is 17.8 Å². The van der Waals surface area contributed by atoms with Gasteiger partial charge in [-0.25, -0.2) is 0 Å². The van der Waals surface area contributed by atoms with Gasteiger partial charge in [-0.15, -0.1) is 0 Å². The second kappa shape index (κ2) is 5.31. The van der Waals surface area contributed by atoms with Crippen molar-refractivity contribution in [1.29, 1.82) is 0 Å². The van der Waals surface area contributed by atoms with Gasteiger partial charge in [-0.3, -0.25) is 4.79 Å². The highest BCUT2D eigenvalue weighted by Crippen LogP contribution is 2.32. The molecule has 1 unspecified atom stereocenters. The molecule has 106 valence electrons. The van der Waals surface area contributed by atoms with E-state index in [0.717, 1.165) is 5.56 Å². The van der Waals surface area contributed by atoms with Gasteiger partial charge in [0.2, 0.25) is 0 Å². The van der Waals surface area contributed by atoms with E-state index >= 15 is 0 Å². The Balaban J connectivity index is 2.01. The van der Waals surface area contributed by atoms with Crippen molar-refractivity contribution in [3.05, 3.63) is 36.0 Å². The molecule has 1 aliphatic rings. The van der Waals surface area contributed by atoms with Gasteiger partial charge in [0.1, 0.15) is 0 Å². The maximum Gasteiger partial charge on any atom is 0.310 e. The number of rotatable bonds is 3. The number of aliphatic carboxylic acids is 1. The Labute approximate surface area is 119 Å². The zero-order valence-electron chi connectivity index (χ0n) is 11.9. The fourth-order valence-electron chi connectivity index (χ4n) is 3.26. The molecule has 1 N–H and O–H groups in total. The Kier molecular flexibility index (Phi) is 3.51. The zero-order valence-corrected chi connectivity index (χ0v) is 11.9. The number of aromatic nitrogens is 1. The molecule has 1 saturated carbocycles. The fourth-order valence-corrected chi connectivity index (χ4v) is 3.26. The predicted octanol–water partition coefficient (Wildman–Crippen LogP) is 4.33. The molecule has 1 atom stereocenters. The molecule has 3 heteroatoms. The van der Waals surface area contributed by atoms with Crippen LogP contribution < -0.4 is 0 Å². The molecule has 1 fully saturated rings. The molecule has 2 aromatic rings. The fraction of sp³-hybridized carbons (Fsp3) is 0.471. The summed E-state index contributed by atoms with van der Waals surface area (Å²) in [6.07, 6.45) is 8.59. The molecule has 0 radical (unpaired) electrons. The Hall–Kier alpha value is -1.77. The maximum atomic E-state index is 11.2. The van der Waals surface area contributed by atoms with Crippen molar-refractivity contribution in [3.63, 3.8) is 0 Å². The second-order valence-corrected chi connectivity index (χ2v) is 5.89. The summed E-state index contributed by atoms with van der Waals surface area (Å²) in [6, 6.07) is 8.76. The minimum Gasteiger partial charge on any atom is -0.481 e. The van der Waals surface area contributed by atoms with Crippen LogP contribution >= 0.6 is 0 Å². The van der Waals surface area contributed by atoms with Crippen LogP contribution in [0.1, 0.15) is 56.6 Å². The van der Waals surface area contributed by atoms with E-state index in [-0.39, 0.29) is 0 Å². The number of nitrogens with zero attached hydrogens (tertiary/aromatic N) is 1. The number of hydrogen-bond acceptors (Lipinski definition) is 1. The quantitative estimate of drug-likeness (QED) is 0.902. The molecule has 0 spiro atoms. The summed E-state index contributed by atoms with van der Waals surface area (Å²) in [7, 11) is 0. The first-order valence-corrected chi connectivity index (χ1v) is 7.50. The summed E-state index contributed by atoms with van der Waals surface area (Å²) in [6.45, 7) is 1.75. The van der Waals surface area contributed by atoms with Crippen molar-refractivity contribution in [3.8, 4) is 0 Å². The molecule has 1 aromatic heterocycles. The molecular weight excluding hydrogens is 250 g/mol. The number of hydrogen-bond donors (Lipinski definition) is 1. The first-order chi connectivity index (χ1) is 9.66. The second-order valence-electron chi connectivity index (χ2n) is 5.89. The highest BCUT2D eigenvalue weighted by molar-refractivity contribution is 5.83. The number of carboxylic acids is 1. The van der Waals surface area contributed by atoms with Gasteiger partial charge in [0.15, 0.2) is 0 Å². The van der Waals surface area contributed by atoms with Crippen LogP contribution in [0.25, 0.3) is 10.9 Å². The largest absolute Gasteiger partial charge is 0.481 e. The van der Waals surface area contributed by atoms with E-state index in [4.69, 9.17) is 5.11 Å². The average Bonchev–Trinajstić information content (AvgIpc) is 2.90. The van der Waals surface area contributed by atoms with Gasteiger partial charge < -0.3 is 9.67 Å². The molecule has 0 bridgehead atoms. The molecule has 0 amide bonds. The first-order valence-electron chi connectivity index (χ1n) is 7.50.